The largest absolute Gasteiger partial charge is 0.354 e. The fourth-order valence-corrected chi connectivity index (χ4v) is 15.7. The second-order valence-corrected chi connectivity index (χ2v) is 37.2. The minimum absolute atomic E-state index is 0.0415. The molecule has 10 aromatic carbocycles. The Morgan fingerprint density at radius 1 is 0.293 bits per heavy atom. The Morgan fingerprint density at radius 2 is 0.545 bits per heavy atom. The molecule has 5 aliphatic rings. The van der Waals surface area contributed by atoms with Crippen LogP contribution in [0.4, 0.5) is 96.4 Å². The maximum atomic E-state index is 14.3. The van der Waals surface area contributed by atoms with Crippen molar-refractivity contribution in [1.29, 1.82) is 0 Å². The Labute approximate surface area is 795 Å². The Balaban J connectivity index is 0.000000150. The van der Waals surface area contributed by atoms with Crippen LogP contribution in [0, 0.1) is 99.8 Å². The van der Waals surface area contributed by atoms with Crippen LogP contribution < -0.4 is 54.0 Å². The second kappa shape index (κ2) is 46.6. The first-order chi connectivity index (χ1) is 58.9. The molecule has 20 nitrogen and oxygen atoms in total. The molecule has 15 rings (SSSR count). The van der Waals surface area contributed by atoms with Crippen molar-refractivity contribution >= 4 is 254 Å². The molecule has 5 fully saturated rings. The summed E-state index contributed by atoms with van der Waals surface area (Å²) in [6.45, 7) is 2.20. The summed E-state index contributed by atoms with van der Waals surface area (Å²) >= 11 is 29.6. The molecule has 10 N–H and O–H groups in total. The third-order valence-electron chi connectivity index (χ3n) is 18.3. The highest BCUT2D eigenvalue weighted by atomic mass is 127. The maximum Gasteiger partial charge on any atom is 0.277 e. The van der Waals surface area contributed by atoms with Gasteiger partial charge in [-0.3, -0.25) is 48.2 Å². The molecular formula is C85H72Br2Cl2F9I5N10O10. The first kappa shape index (κ1) is 96.5. The van der Waals surface area contributed by atoms with Crippen LogP contribution >= 0.6 is 168 Å². The number of halogens is 18. The van der Waals surface area contributed by atoms with Crippen LogP contribution in [0.3, 0.4) is 0 Å². The lowest BCUT2D eigenvalue weighted by atomic mass is 10.1. The van der Waals surface area contributed by atoms with Gasteiger partial charge in [0, 0.05) is 26.8 Å². The summed E-state index contributed by atoms with van der Waals surface area (Å²) in [6, 6.07) is 39.8. The smallest absolute Gasteiger partial charge is 0.277 e. The van der Waals surface area contributed by atoms with Gasteiger partial charge in [-0.15, -0.1) is 0 Å². The van der Waals surface area contributed by atoms with Crippen LogP contribution in [0.15, 0.2) is 173 Å². The van der Waals surface area contributed by atoms with Crippen LogP contribution in [0.1, 0.15) is 116 Å². The molecule has 10 aromatic rings. The molecular weight excluding hydrogens is 2360 g/mol. The van der Waals surface area contributed by atoms with Crippen molar-refractivity contribution in [1.82, 2.24) is 27.4 Å². The van der Waals surface area contributed by atoms with Gasteiger partial charge in [0.15, 0.2) is 34.9 Å². The molecule has 5 aliphatic carbocycles. The summed E-state index contributed by atoms with van der Waals surface area (Å²) in [5, 5.41) is 14.9. The molecule has 0 aromatic heterocycles. The average molecular weight is 2430 g/mol. The third kappa shape index (κ3) is 30.3. The summed E-state index contributed by atoms with van der Waals surface area (Å²) < 4.78 is 131. The molecule has 0 radical (unpaired) electrons. The van der Waals surface area contributed by atoms with E-state index in [9.17, 15) is 63.5 Å². The van der Waals surface area contributed by atoms with Crippen LogP contribution in [-0.4, -0.2) is 62.6 Å². The van der Waals surface area contributed by atoms with Crippen molar-refractivity contribution < 1.29 is 87.7 Å². The van der Waals surface area contributed by atoms with Gasteiger partial charge < -0.3 is 26.6 Å². The van der Waals surface area contributed by atoms with Gasteiger partial charge in [0.05, 0.1) is 128 Å². The van der Waals surface area contributed by atoms with Crippen LogP contribution in [-0.2, 0) is 24.2 Å². The summed E-state index contributed by atoms with van der Waals surface area (Å²) in [7, 11) is 0. The third-order valence-corrected chi connectivity index (χ3v) is 23.6. The van der Waals surface area contributed by atoms with E-state index in [0.717, 1.165) is 113 Å². The summed E-state index contributed by atoms with van der Waals surface area (Å²) in [5.41, 5.74) is 13.7. The van der Waals surface area contributed by atoms with Gasteiger partial charge in [-0.25, -0.2) is 66.9 Å². The molecule has 38 heteroatoms. The molecule has 0 atom stereocenters. The second-order valence-electron chi connectivity index (χ2n) is 28.4. The normalized spacial score (nSPS) is 13.6. The minimum Gasteiger partial charge on any atom is -0.354 e. The predicted molar refractivity (Wildman–Crippen MR) is 500 cm³/mol. The summed E-state index contributed by atoms with van der Waals surface area (Å²) in [4.78, 5) is 87.1. The molecule has 648 valence electrons. The van der Waals surface area contributed by atoms with Crippen LogP contribution in [0.2, 0.25) is 10.0 Å². The molecule has 5 saturated carbocycles. The van der Waals surface area contributed by atoms with E-state index in [0.29, 0.717) is 115 Å². The van der Waals surface area contributed by atoms with E-state index in [1.54, 1.807) is 42.5 Å². The van der Waals surface area contributed by atoms with E-state index >= 15 is 0 Å². The molecule has 123 heavy (non-hydrogen) atoms. The quantitative estimate of drug-likeness (QED) is 0.0114. The highest BCUT2D eigenvalue weighted by molar-refractivity contribution is 14.1. The number of hydrogen-bond donors (Lipinski definition) is 10. The van der Waals surface area contributed by atoms with Crippen molar-refractivity contribution in [3.8, 4) is 0 Å². The van der Waals surface area contributed by atoms with Gasteiger partial charge in [-0.1, -0.05) is 23.2 Å². The summed E-state index contributed by atoms with van der Waals surface area (Å²) in [6.07, 6.45) is 10.9. The number of hydrogen-bond acceptors (Lipinski definition) is 15. The number of hydroxylamine groups is 5. The molecule has 0 heterocycles. The number of nitrogens with one attached hydrogen (secondary N) is 10. The van der Waals surface area contributed by atoms with Crippen LogP contribution in [0.5, 0.6) is 0 Å². The minimum atomic E-state index is -1.27. The molecule has 0 bridgehead atoms. The lowest BCUT2D eigenvalue weighted by Gasteiger charge is -2.15. The molecule has 0 unspecified atom stereocenters. The highest BCUT2D eigenvalue weighted by Crippen LogP contribution is 2.39. The zero-order chi connectivity index (χ0) is 88.1. The number of anilines is 10. The van der Waals surface area contributed by atoms with E-state index in [2.05, 4.69) is 176 Å². The highest BCUT2D eigenvalue weighted by Gasteiger charge is 2.30. The fraction of sp³-hybridized carbons (Fsp3) is 0.235. The number of carbonyl (C=O) groups is 5. The topological polar surface area (TPSA) is 252 Å². The van der Waals surface area contributed by atoms with Crippen molar-refractivity contribution in [3.05, 3.63) is 281 Å². The first-order valence-corrected chi connectivity index (χ1v) is 45.4. The van der Waals surface area contributed by atoms with E-state index in [1.165, 1.54) is 60.7 Å². The van der Waals surface area contributed by atoms with Crippen molar-refractivity contribution in [2.24, 2.45) is 29.6 Å². The van der Waals surface area contributed by atoms with E-state index < -0.39 is 87.6 Å². The van der Waals surface area contributed by atoms with Gasteiger partial charge in [-0.2, -0.15) is 0 Å². The summed E-state index contributed by atoms with van der Waals surface area (Å²) in [5.74, 6) is -8.81. The van der Waals surface area contributed by atoms with Crippen molar-refractivity contribution in [3.63, 3.8) is 0 Å². The monoisotopic (exact) mass is 2430 g/mol. The van der Waals surface area contributed by atoms with Gasteiger partial charge in [0.25, 0.3) is 29.5 Å². The zero-order valence-corrected chi connectivity index (χ0v) is 79.4. The van der Waals surface area contributed by atoms with Gasteiger partial charge >= 0.3 is 0 Å². The molecule has 0 spiro atoms. The first-order valence-electron chi connectivity index (χ1n) is 37.7. The van der Waals surface area contributed by atoms with Crippen molar-refractivity contribution in [2.75, 3.05) is 59.6 Å². The van der Waals surface area contributed by atoms with Gasteiger partial charge in [-0.05, 0) is 402 Å². The lowest BCUT2D eigenvalue weighted by Crippen LogP contribution is -2.26. The number of carbonyl (C=O) groups excluding carboxylic acids is 5. The lowest BCUT2D eigenvalue weighted by molar-refractivity contribution is 0.0268. The van der Waals surface area contributed by atoms with Gasteiger partial charge in [0.2, 0.25) is 0 Å². The van der Waals surface area contributed by atoms with Crippen molar-refractivity contribution in [2.45, 2.75) is 64.2 Å². The Bertz CT molecular complexity index is 5080. The zero-order valence-electron chi connectivity index (χ0n) is 64.0. The molecule has 0 saturated heterocycles. The number of benzene rings is 10. The fourth-order valence-electron chi connectivity index (χ4n) is 10.7. The number of rotatable bonds is 30. The maximum absolute atomic E-state index is 14.3. The van der Waals surface area contributed by atoms with E-state index in [1.807, 2.05) is 59.0 Å². The van der Waals surface area contributed by atoms with E-state index in [4.69, 9.17) is 47.4 Å². The number of amides is 5. The average Bonchev–Trinajstić information content (AvgIpc) is 1.77. The predicted octanol–water partition coefficient (Wildman–Crippen LogP) is 24.6. The Kier molecular flexibility index (Phi) is 36.6. The SMILES string of the molecule is O=C(NOCC1CC1)c1ccc(F)c(F)c1Nc1ccc(I)cc1Br.O=C(NOCC1CC1)c1ccc(F)c(F)c1Nc1ccc(I)cc1Cl.O=C(NOCC1CC1)c1ccc(F)c(F)c1Nc1ccc(I)cc1F.O=C(NOCC1CC1)c1ccc(F)cc1Nc1ccc(I)cc1Br.O=C(NOCC1CC1)c1ccc(F)cc1Nc1ccc(I)cc1Cl. The van der Waals surface area contributed by atoms with E-state index in [-0.39, 0.29) is 39.3 Å². The standard InChI is InChI=1S/C17H14BrF2IN2O2.C17H15BrFIN2O2.C17H14ClF2IN2O2.C17H15ClFIN2O2.C17H14F3IN2O2/c18-12-7-10(21)3-6-14(12)22-16-11(4-5-13(19)15(16)20)17(24)23-25-8-9-1-2-9;18-14-8-12(20)4-6-15(14)21-16-7-11(19)3-5-13(16)17(23)22-24-9-10-1-2-10;18-12-7-10(21)3-6-14(12)22-16-11(4-5-13(19)15(16)20)17(24)23-25-8-9-1-2-9;18-14-8-12(20)4-6-15(14)21-16-7-11(19)3-5-13(16)17(23)22-24-9-10-1-2-10;18-12-5-4-11(17(24)23-25-8-9-1-2-9)16(15(12)20)22-14-6-3-10(21)7-13(14)19/h3-7,9,22H,1-2,8H2,(H,23,24);3-8,10,21H,1-2,9H2,(H,22,23);3-7,9,22H,1-2,8H2,(H,23,24);3-8,10,21H,1-2,9H2,(H,22,23);3-7,9,22H,1-2,8H2,(H,23,24). The molecule has 5 amide bonds. The molecule has 0 aliphatic heterocycles. The van der Waals surface area contributed by atoms with Crippen LogP contribution in [0.25, 0.3) is 0 Å². The van der Waals surface area contributed by atoms with Gasteiger partial charge in [0.1, 0.15) is 17.5 Å². The Morgan fingerprint density at radius 3 is 0.854 bits per heavy atom. The Hall–Kier alpha value is -7.09.